The smallest absolute Gasteiger partial charge is 0.222 e. The first-order chi connectivity index (χ1) is 7.33. The van der Waals surface area contributed by atoms with Crippen LogP contribution in [-0.4, -0.2) is 36.5 Å². The van der Waals surface area contributed by atoms with Crippen molar-refractivity contribution in [3.05, 3.63) is 0 Å². The van der Waals surface area contributed by atoms with E-state index in [-0.39, 0.29) is 0 Å². The summed E-state index contributed by atoms with van der Waals surface area (Å²) in [5, 5.41) is 3.39. The third kappa shape index (κ3) is 2.33. The van der Waals surface area contributed by atoms with Crippen molar-refractivity contribution in [2.75, 3.05) is 19.6 Å². The molecule has 0 aromatic carbocycles. The van der Waals surface area contributed by atoms with Gasteiger partial charge < -0.3 is 10.2 Å². The fourth-order valence-corrected chi connectivity index (χ4v) is 3.02. The molecule has 2 fully saturated rings. The SMILES string of the molecule is CCC(=O)N1CCC[C@H]1C1CCNCC1. The van der Waals surface area contributed by atoms with Crippen molar-refractivity contribution >= 4 is 5.91 Å². The molecule has 3 nitrogen and oxygen atoms in total. The fraction of sp³-hybridized carbons (Fsp3) is 0.917. The normalized spacial score (nSPS) is 28.3. The van der Waals surface area contributed by atoms with Crippen molar-refractivity contribution in [2.45, 2.75) is 45.1 Å². The minimum absolute atomic E-state index is 0.357. The number of likely N-dealkylation sites (tertiary alicyclic amines) is 1. The van der Waals surface area contributed by atoms with Crippen LogP contribution in [0.5, 0.6) is 0 Å². The van der Waals surface area contributed by atoms with Crippen LogP contribution in [0.15, 0.2) is 0 Å². The predicted octanol–water partition coefficient (Wildman–Crippen LogP) is 1.39. The topological polar surface area (TPSA) is 32.3 Å². The van der Waals surface area contributed by atoms with E-state index in [9.17, 15) is 4.79 Å². The molecule has 2 aliphatic heterocycles. The summed E-state index contributed by atoms with van der Waals surface area (Å²) in [4.78, 5) is 13.9. The van der Waals surface area contributed by atoms with E-state index in [2.05, 4.69) is 10.2 Å². The molecule has 15 heavy (non-hydrogen) atoms. The van der Waals surface area contributed by atoms with Crippen molar-refractivity contribution in [1.29, 1.82) is 0 Å². The molecular formula is C12H22N2O. The first kappa shape index (κ1) is 10.9. The lowest BCUT2D eigenvalue weighted by Gasteiger charge is -2.34. The van der Waals surface area contributed by atoms with Crippen LogP contribution >= 0.6 is 0 Å². The van der Waals surface area contributed by atoms with Crippen LogP contribution in [0.25, 0.3) is 0 Å². The Kier molecular flexibility index (Phi) is 3.62. The molecule has 2 rings (SSSR count). The Morgan fingerprint density at radius 2 is 2.07 bits per heavy atom. The summed E-state index contributed by atoms with van der Waals surface area (Å²) >= 11 is 0. The molecule has 1 N–H and O–H groups in total. The van der Waals surface area contributed by atoms with Gasteiger partial charge in [-0.2, -0.15) is 0 Å². The molecular weight excluding hydrogens is 188 g/mol. The zero-order valence-electron chi connectivity index (χ0n) is 9.67. The molecule has 0 aromatic rings. The highest BCUT2D eigenvalue weighted by Crippen LogP contribution is 2.29. The molecule has 2 saturated heterocycles. The molecule has 86 valence electrons. The molecule has 3 heteroatoms. The Bertz CT molecular complexity index is 224. The first-order valence-electron chi connectivity index (χ1n) is 6.33. The van der Waals surface area contributed by atoms with Crippen LogP contribution in [0.1, 0.15) is 39.0 Å². The maximum absolute atomic E-state index is 11.8. The molecule has 1 atom stereocenters. The van der Waals surface area contributed by atoms with Gasteiger partial charge in [-0.05, 0) is 44.7 Å². The number of hydrogen-bond acceptors (Lipinski definition) is 2. The number of rotatable bonds is 2. The van der Waals surface area contributed by atoms with Crippen molar-refractivity contribution in [1.82, 2.24) is 10.2 Å². The molecule has 0 saturated carbocycles. The van der Waals surface area contributed by atoms with E-state index >= 15 is 0 Å². The van der Waals surface area contributed by atoms with E-state index in [1.54, 1.807) is 0 Å². The van der Waals surface area contributed by atoms with Crippen molar-refractivity contribution < 1.29 is 4.79 Å². The predicted molar refractivity (Wildman–Crippen MR) is 60.6 cm³/mol. The first-order valence-corrected chi connectivity index (χ1v) is 6.33. The molecule has 2 aliphatic rings. The zero-order valence-corrected chi connectivity index (χ0v) is 9.67. The summed E-state index contributed by atoms with van der Waals surface area (Å²) in [6.45, 7) is 5.24. The van der Waals surface area contributed by atoms with Gasteiger partial charge in [-0.1, -0.05) is 6.92 Å². The van der Waals surface area contributed by atoms with E-state index in [1.807, 2.05) is 6.92 Å². The number of carbonyl (C=O) groups excluding carboxylic acids is 1. The average molecular weight is 210 g/mol. The third-order valence-corrected chi connectivity index (χ3v) is 3.85. The van der Waals surface area contributed by atoms with Gasteiger partial charge in [0.2, 0.25) is 5.91 Å². The summed E-state index contributed by atoms with van der Waals surface area (Å²) in [6.07, 6.45) is 5.61. The second-order valence-electron chi connectivity index (χ2n) is 4.74. The summed E-state index contributed by atoms with van der Waals surface area (Å²) in [7, 11) is 0. The highest BCUT2D eigenvalue weighted by molar-refractivity contribution is 5.76. The highest BCUT2D eigenvalue weighted by Gasteiger charge is 2.34. The summed E-state index contributed by atoms with van der Waals surface area (Å²) in [5.41, 5.74) is 0. The van der Waals surface area contributed by atoms with Crippen molar-refractivity contribution in [2.24, 2.45) is 5.92 Å². The van der Waals surface area contributed by atoms with Gasteiger partial charge in [0.25, 0.3) is 0 Å². The van der Waals surface area contributed by atoms with E-state index in [0.717, 1.165) is 25.6 Å². The van der Waals surface area contributed by atoms with Crippen LogP contribution in [-0.2, 0) is 4.79 Å². The van der Waals surface area contributed by atoms with Gasteiger partial charge in [0.15, 0.2) is 0 Å². The Balaban J connectivity index is 1.97. The molecule has 2 heterocycles. The molecule has 0 spiro atoms. The van der Waals surface area contributed by atoms with Gasteiger partial charge in [-0.15, -0.1) is 0 Å². The maximum atomic E-state index is 11.8. The highest BCUT2D eigenvalue weighted by atomic mass is 16.2. The zero-order chi connectivity index (χ0) is 10.7. The van der Waals surface area contributed by atoms with Gasteiger partial charge >= 0.3 is 0 Å². The second kappa shape index (κ2) is 4.97. The summed E-state index contributed by atoms with van der Waals surface area (Å²) < 4.78 is 0. The standard InChI is InChI=1S/C12H22N2O/c1-2-12(15)14-9-3-4-11(14)10-5-7-13-8-6-10/h10-11,13H,2-9H2,1H3/t11-/m0/s1. The lowest BCUT2D eigenvalue weighted by atomic mass is 9.88. The van der Waals surface area contributed by atoms with Crippen LogP contribution in [0.3, 0.4) is 0 Å². The Labute approximate surface area is 92.2 Å². The van der Waals surface area contributed by atoms with Gasteiger partial charge in [0.1, 0.15) is 0 Å². The molecule has 0 radical (unpaired) electrons. The number of amides is 1. The number of carbonyl (C=O) groups is 1. The van der Waals surface area contributed by atoms with Crippen molar-refractivity contribution in [3.63, 3.8) is 0 Å². The lowest BCUT2D eigenvalue weighted by Crippen LogP contribution is -2.43. The molecule has 0 unspecified atom stereocenters. The van der Waals surface area contributed by atoms with Crippen LogP contribution in [0.2, 0.25) is 0 Å². The monoisotopic (exact) mass is 210 g/mol. The molecule has 0 aliphatic carbocycles. The van der Waals surface area contributed by atoms with Gasteiger partial charge in [0.05, 0.1) is 0 Å². The van der Waals surface area contributed by atoms with Crippen molar-refractivity contribution in [3.8, 4) is 0 Å². The second-order valence-corrected chi connectivity index (χ2v) is 4.74. The van der Waals surface area contributed by atoms with E-state index in [4.69, 9.17) is 0 Å². The Hall–Kier alpha value is -0.570. The van der Waals surface area contributed by atoms with E-state index < -0.39 is 0 Å². The Morgan fingerprint density at radius 1 is 1.33 bits per heavy atom. The molecule has 0 aromatic heterocycles. The quantitative estimate of drug-likeness (QED) is 0.747. The van der Waals surface area contributed by atoms with Crippen LogP contribution < -0.4 is 5.32 Å². The Morgan fingerprint density at radius 3 is 2.73 bits per heavy atom. The number of piperidine rings is 1. The number of nitrogens with one attached hydrogen (secondary N) is 1. The summed E-state index contributed by atoms with van der Waals surface area (Å²) in [6, 6.07) is 0.555. The van der Waals surface area contributed by atoms with Gasteiger partial charge in [0, 0.05) is 19.0 Å². The lowest BCUT2D eigenvalue weighted by molar-refractivity contribution is -0.132. The van der Waals surface area contributed by atoms with E-state index in [1.165, 1.54) is 25.7 Å². The van der Waals surface area contributed by atoms with Gasteiger partial charge in [-0.3, -0.25) is 4.79 Å². The van der Waals surface area contributed by atoms with Gasteiger partial charge in [-0.25, -0.2) is 0 Å². The largest absolute Gasteiger partial charge is 0.339 e. The third-order valence-electron chi connectivity index (χ3n) is 3.85. The molecule has 0 bridgehead atoms. The minimum Gasteiger partial charge on any atom is -0.339 e. The minimum atomic E-state index is 0.357. The van der Waals surface area contributed by atoms with Crippen LogP contribution in [0, 0.1) is 5.92 Å². The van der Waals surface area contributed by atoms with Crippen LogP contribution in [0.4, 0.5) is 0 Å². The average Bonchev–Trinajstić information content (AvgIpc) is 2.78. The number of hydrogen-bond donors (Lipinski definition) is 1. The maximum Gasteiger partial charge on any atom is 0.222 e. The molecule has 1 amide bonds. The van der Waals surface area contributed by atoms with E-state index in [0.29, 0.717) is 18.4 Å². The fourth-order valence-electron chi connectivity index (χ4n) is 3.02. The number of nitrogens with zero attached hydrogens (tertiary/aromatic N) is 1. The summed E-state index contributed by atoms with van der Waals surface area (Å²) in [5.74, 6) is 1.11.